The summed E-state index contributed by atoms with van der Waals surface area (Å²) in [5.41, 5.74) is 9.13. The van der Waals surface area contributed by atoms with Crippen LogP contribution in [0.5, 0.6) is 0 Å². The van der Waals surface area contributed by atoms with Crippen molar-refractivity contribution in [2.45, 2.75) is 67.2 Å². The maximum absolute atomic E-state index is 9.68. The molecule has 0 aliphatic rings. The van der Waals surface area contributed by atoms with Crippen molar-refractivity contribution in [3.8, 4) is 44.5 Å². The molecule has 0 saturated heterocycles. The molecule has 0 bridgehead atoms. The van der Waals surface area contributed by atoms with Crippen LogP contribution < -0.4 is 9.80 Å². The first-order chi connectivity index (χ1) is 49.3. The van der Waals surface area contributed by atoms with Gasteiger partial charge in [0, 0.05) is 44.0 Å². The molecule has 0 fully saturated rings. The normalized spacial score (nSPS) is 15.1. The first-order valence-corrected chi connectivity index (χ1v) is 28.2. The SMILES string of the molecule is [2H]c1c([2H])c([2H])c(-c2ccc3ccc(-c4c([2H])c([2H])c([2H])c([2H])c4[2H])c(N(c4ccc(C)cc4C)c4cc(C(C)C)c5ccc6c(N(c7ccc(C)cc7C)c7c(-c8c([2H])c([2H])c([2H])c([2H])c8[2H])ccc8ccc(-c9c([2H])c([2H])c([2H])c([2H])c9[2H])cc78)cc(C(C)C)c7ccc4c5c76)c3c2)c([2H])c1[2H]. The van der Waals surface area contributed by atoms with Gasteiger partial charge in [0.05, 0.1) is 50.2 Å². The summed E-state index contributed by atoms with van der Waals surface area (Å²) in [4.78, 5) is 4.14. The Balaban J connectivity index is 1.18. The fourth-order valence-electron chi connectivity index (χ4n) is 12.6. The van der Waals surface area contributed by atoms with Crippen molar-refractivity contribution in [2.75, 3.05) is 9.80 Å². The maximum atomic E-state index is 9.68. The zero-order valence-electron chi connectivity index (χ0n) is 67.8. The third kappa shape index (κ3) is 8.96. The lowest BCUT2D eigenvalue weighted by Gasteiger charge is -2.34. The van der Waals surface area contributed by atoms with Crippen LogP contribution in [0.15, 0.2) is 254 Å². The van der Waals surface area contributed by atoms with Gasteiger partial charge in [-0.2, -0.15) is 0 Å². The number of aryl methyl sites for hydroxylation is 4. The predicted molar refractivity (Wildman–Crippen MR) is 363 cm³/mol. The van der Waals surface area contributed by atoms with E-state index in [9.17, 15) is 11.0 Å². The lowest BCUT2D eigenvalue weighted by molar-refractivity contribution is 0.875. The number of hydrogen-bond acceptors (Lipinski definition) is 2. The average Bonchev–Trinajstić information content (AvgIpc) is 0.700. The second-order valence-electron chi connectivity index (χ2n) is 22.4. The molecule has 406 valence electrons. The van der Waals surface area contributed by atoms with Crippen LogP contribution in [-0.4, -0.2) is 0 Å². The Morgan fingerprint density at radius 3 is 1.00 bits per heavy atom. The molecule has 0 saturated carbocycles. The van der Waals surface area contributed by atoms with Crippen molar-refractivity contribution in [2.24, 2.45) is 0 Å². The van der Waals surface area contributed by atoms with Crippen LogP contribution in [-0.2, 0) is 0 Å². The van der Waals surface area contributed by atoms with E-state index in [-0.39, 0.29) is 56.3 Å². The Hall–Kier alpha value is -9.76. The summed E-state index contributed by atoms with van der Waals surface area (Å²) in [5.74, 6) is -0.377. The Morgan fingerprint density at radius 1 is 0.298 bits per heavy atom. The minimum atomic E-state index is -0.589. The van der Waals surface area contributed by atoms with Crippen molar-refractivity contribution in [3.63, 3.8) is 0 Å². The summed E-state index contributed by atoms with van der Waals surface area (Å²) >= 11 is 0. The van der Waals surface area contributed by atoms with Gasteiger partial charge < -0.3 is 9.80 Å². The van der Waals surface area contributed by atoms with Gasteiger partial charge in [0.15, 0.2) is 0 Å². The first-order valence-electron chi connectivity index (χ1n) is 38.2. The zero-order valence-corrected chi connectivity index (χ0v) is 47.8. The minimum Gasteiger partial charge on any atom is -0.308 e. The third-order valence-electron chi connectivity index (χ3n) is 16.4. The van der Waals surface area contributed by atoms with E-state index in [0.29, 0.717) is 66.4 Å². The number of nitrogens with zero attached hydrogens (tertiary/aromatic N) is 2. The number of anilines is 6. The molecular formula is C82H68N2. The highest BCUT2D eigenvalue weighted by molar-refractivity contribution is 6.30. The van der Waals surface area contributed by atoms with E-state index >= 15 is 0 Å². The fourth-order valence-corrected chi connectivity index (χ4v) is 12.6. The standard InChI is InChI=1S/C82H68N2/c1-51(2)71-49-77(83(75-43-29-53(5)45-55(75)7)81-65(59-25-17-11-18-26-59)37-35-61-31-33-63(47-73(61)81)57-21-13-9-14-22-57)69-42-40-68-72(52(3)4)50-78(70-41-39-67(71)79(69)80(68)70)84(76-44-30-54(6)46-56(76)8)82-66(60-27-19-12-20-28-60)38-36-62-32-34-64(48-74(62)82)58-23-15-10-16-24-58/h9-52H,1-8H3/i9D,10D,11D,12D,13D,14D,15D,16D,17D,18D,19D,20D,21D,22D,23D,24D,25D,26D,27D,28D. The molecule has 0 N–H and O–H groups in total. The summed E-state index contributed by atoms with van der Waals surface area (Å²) in [5, 5.41) is 6.96. The summed E-state index contributed by atoms with van der Waals surface area (Å²) in [6.45, 7) is 16.3. The van der Waals surface area contributed by atoms with Gasteiger partial charge in [-0.15, -0.1) is 0 Å². The number of fused-ring (bicyclic) bond motifs is 2. The van der Waals surface area contributed by atoms with E-state index in [1.165, 1.54) is 0 Å². The predicted octanol–water partition coefficient (Wildman–Crippen LogP) is 24.0. The van der Waals surface area contributed by atoms with E-state index in [1.54, 1.807) is 60.7 Å². The van der Waals surface area contributed by atoms with Crippen molar-refractivity contribution < 1.29 is 27.4 Å². The lowest BCUT2D eigenvalue weighted by atomic mass is 9.83. The van der Waals surface area contributed by atoms with Crippen molar-refractivity contribution >= 4 is 88.0 Å². The molecule has 0 aliphatic heterocycles. The van der Waals surface area contributed by atoms with Gasteiger partial charge in [-0.05, 0) is 164 Å². The van der Waals surface area contributed by atoms with E-state index in [2.05, 4.69) is 73.9 Å². The molecular weight excluding hydrogens is 1010 g/mol. The Kier molecular flexibility index (Phi) is 8.74. The third-order valence-corrected chi connectivity index (χ3v) is 16.4. The monoisotopic (exact) mass is 1100 g/mol. The van der Waals surface area contributed by atoms with Crippen LogP contribution >= 0.6 is 0 Å². The highest BCUT2D eigenvalue weighted by Crippen LogP contribution is 2.55. The van der Waals surface area contributed by atoms with E-state index in [1.807, 2.05) is 64.1 Å². The van der Waals surface area contributed by atoms with Crippen LogP contribution in [0.2, 0.25) is 0 Å². The smallest absolute Gasteiger partial charge is 0.0629 e. The number of hydrogen-bond donors (Lipinski definition) is 0. The fraction of sp³-hybridized carbons (Fsp3) is 0.122. The molecule has 0 unspecified atom stereocenters. The van der Waals surface area contributed by atoms with E-state index in [0.717, 1.165) is 54.9 Å². The Morgan fingerprint density at radius 2 is 0.643 bits per heavy atom. The summed E-state index contributed by atoms with van der Waals surface area (Å²) in [7, 11) is 0. The molecule has 0 heterocycles. The Bertz CT molecular complexity index is 5590. The highest BCUT2D eigenvalue weighted by Gasteiger charge is 2.30. The van der Waals surface area contributed by atoms with Crippen molar-refractivity contribution in [1.29, 1.82) is 0 Å². The van der Waals surface area contributed by atoms with Gasteiger partial charge in [0.2, 0.25) is 0 Å². The molecule has 0 atom stereocenters. The average molecular weight is 1100 g/mol. The van der Waals surface area contributed by atoms with Crippen molar-refractivity contribution in [3.05, 3.63) is 288 Å². The van der Waals surface area contributed by atoms with Gasteiger partial charge >= 0.3 is 0 Å². The molecule has 0 amide bonds. The molecule has 0 aromatic heterocycles. The largest absolute Gasteiger partial charge is 0.308 e. The van der Waals surface area contributed by atoms with Crippen molar-refractivity contribution in [1.82, 2.24) is 0 Å². The second kappa shape index (κ2) is 21.2. The summed E-state index contributed by atoms with van der Waals surface area (Å²) in [6, 6.07) is 31.9. The Labute approximate surface area is 523 Å². The molecule has 0 spiro atoms. The van der Waals surface area contributed by atoms with Gasteiger partial charge in [-0.25, -0.2) is 0 Å². The summed E-state index contributed by atoms with van der Waals surface area (Å²) < 4.78 is 182. The van der Waals surface area contributed by atoms with Crippen LogP contribution in [0.1, 0.15) is 100 Å². The quantitative estimate of drug-likeness (QED) is 0.113. The summed E-state index contributed by atoms with van der Waals surface area (Å²) in [6.07, 6.45) is 0. The minimum absolute atomic E-state index is 0.0648. The number of benzene rings is 14. The zero-order chi connectivity index (χ0) is 74.7. The van der Waals surface area contributed by atoms with E-state index in [4.69, 9.17) is 16.4 Å². The van der Waals surface area contributed by atoms with Crippen LogP contribution in [0, 0.1) is 27.7 Å². The second-order valence-corrected chi connectivity index (χ2v) is 22.4. The van der Waals surface area contributed by atoms with Gasteiger partial charge in [-0.3, -0.25) is 0 Å². The molecule has 2 heteroatoms. The molecule has 84 heavy (non-hydrogen) atoms. The van der Waals surface area contributed by atoms with E-state index < -0.39 is 121 Å². The molecule has 14 rings (SSSR count). The first kappa shape index (κ1) is 34.6. The van der Waals surface area contributed by atoms with Gasteiger partial charge in [0.25, 0.3) is 0 Å². The van der Waals surface area contributed by atoms with Crippen LogP contribution in [0.4, 0.5) is 34.1 Å². The van der Waals surface area contributed by atoms with Gasteiger partial charge in [-0.1, -0.05) is 257 Å². The van der Waals surface area contributed by atoms with Gasteiger partial charge in [0.1, 0.15) is 0 Å². The molecule has 0 aliphatic carbocycles. The highest BCUT2D eigenvalue weighted by atomic mass is 15.2. The molecule has 2 nitrogen and oxygen atoms in total. The molecule has 14 aromatic rings. The topological polar surface area (TPSA) is 6.48 Å². The maximum Gasteiger partial charge on any atom is 0.0629 e. The molecule has 14 aromatic carbocycles. The van der Waals surface area contributed by atoms with Crippen LogP contribution in [0.25, 0.3) is 98.4 Å². The lowest BCUT2D eigenvalue weighted by Crippen LogP contribution is -2.16. The van der Waals surface area contributed by atoms with Crippen LogP contribution in [0.3, 0.4) is 0 Å². The molecule has 0 radical (unpaired) electrons. The number of rotatable bonds is 12.